The monoisotopic (exact) mass is 305 g/mol. The summed E-state index contributed by atoms with van der Waals surface area (Å²) in [5, 5.41) is 6.31. The molecule has 1 saturated heterocycles. The number of nitrogens with one attached hydrogen (secondary N) is 2. The van der Waals surface area contributed by atoms with Gasteiger partial charge in [-0.15, -0.1) is 0 Å². The largest absolute Gasteiger partial charge is 0.492 e. The van der Waals surface area contributed by atoms with Crippen molar-refractivity contribution in [2.24, 2.45) is 0 Å². The average molecular weight is 305 g/mol. The van der Waals surface area contributed by atoms with Gasteiger partial charge in [0.2, 0.25) is 5.91 Å². The van der Waals surface area contributed by atoms with Gasteiger partial charge in [-0.3, -0.25) is 9.69 Å². The quantitative estimate of drug-likeness (QED) is 0.845. The van der Waals surface area contributed by atoms with Crippen molar-refractivity contribution in [1.82, 2.24) is 10.2 Å². The van der Waals surface area contributed by atoms with Crippen LogP contribution in [-0.2, 0) is 4.79 Å². The number of hydrogen-bond acceptors (Lipinski definition) is 4. The SMILES string of the molecule is CCOc1ccccc1NC(=O)C(C)N1CCCC(NC)C1. The molecule has 0 saturated carbocycles. The van der Waals surface area contributed by atoms with Crippen LogP contribution in [0.5, 0.6) is 5.75 Å². The van der Waals surface area contributed by atoms with E-state index in [1.165, 1.54) is 6.42 Å². The van der Waals surface area contributed by atoms with Gasteiger partial charge >= 0.3 is 0 Å². The normalized spacial score (nSPS) is 20.4. The van der Waals surface area contributed by atoms with Crippen molar-refractivity contribution in [2.45, 2.75) is 38.8 Å². The number of amides is 1. The molecule has 0 radical (unpaired) electrons. The highest BCUT2D eigenvalue weighted by atomic mass is 16.5. The molecule has 22 heavy (non-hydrogen) atoms. The highest BCUT2D eigenvalue weighted by molar-refractivity contribution is 5.95. The van der Waals surface area contributed by atoms with Crippen molar-refractivity contribution in [3.05, 3.63) is 24.3 Å². The maximum atomic E-state index is 12.5. The zero-order valence-electron chi connectivity index (χ0n) is 13.8. The van der Waals surface area contributed by atoms with Crippen LogP contribution in [0.1, 0.15) is 26.7 Å². The van der Waals surface area contributed by atoms with E-state index >= 15 is 0 Å². The third-order valence-corrected chi connectivity index (χ3v) is 4.23. The minimum absolute atomic E-state index is 0.0175. The second kappa shape index (κ2) is 8.15. The second-order valence-electron chi connectivity index (χ2n) is 5.72. The molecule has 1 aromatic rings. The molecule has 0 aliphatic carbocycles. The Morgan fingerprint density at radius 2 is 2.23 bits per heavy atom. The Labute approximate surface area is 133 Å². The fourth-order valence-corrected chi connectivity index (χ4v) is 2.85. The number of para-hydroxylation sites is 2. The van der Waals surface area contributed by atoms with Gasteiger partial charge in [-0.1, -0.05) is 12.1 Å². The molecule has 1 aliphatic rings. The molecule has 5 nitrogen and oxygen atoms in total. The maximum absolute atomic E-state index is 12.5. The molecular formula is C17H27N3O2. The zero-order chi connectivity index (χ0) is 15.9. The number of anilines is 1. The van der Waals surface area contributed by atoms with Crippen LogP contribution >= 0.6 is 0 Å². The van der Waals surface area contributed by atoms with Crippen LogP contribution in [0.25, 0.3) is 0 Å². The molecule has 1 fully saturated rings. The van der Waals surface area contributed by atoms with Crippen molar-refractivity contribution < 1.29 is 9.53 Å². The molecule has 1 amide bonds. The summed E-state index contributed by atoms with van der Waals surface area (Å²) in [5.41, 5.74) is 0.739. The van der Waals surface area contributed by atoms with Gasteiger partial charge in [0.05, 0.1) is 18.3 Å². The van der Waals surface area contributed by atoms with E-state index in [0.29, 0.717) is 12.6 Å². The second-order valence-corrected chi connectivity index (χ2v) is 5.72. The van der Waals surface area contributed by atoms with Gasteiger partial charge in [0, 0.05) is 12.6 Å². The lowest BCUT2D eigenvalue weighted by atomic mass is 10.0. The van der Waals surface area contributed by atoms with Crippen molar-refractivity contribution in [3.63, 3.8) is 0 Å². The van der Waals surface area contributed by atoms with Crippen LogP contribution in [0.15, 0.2) is 24.3 Å². The van der Waals surface area contributed by atoms with Gasteiger partial charge in [-0.25, -0.2) is 0 Å². The van der Waals surface area contributed by atoms with E-state index in [0.717, 1.165) is 30.9 Å². The van der Waals surface area contributed by atoms with E-state index in [1.807, 2.05) is 45.2 Å². The van der Waals surface area contributed by atoms with Gasteiger partial charge in [0.25, 0.3) is 0 Å². The number of carbonyl (C=O) groups excluding carboxylic acids is 1. The Bertz CT molecular complexity index is 493. The van der Waals surface area contributed by atoms with E-state index in [2.05, 4.69) is 15.5 Å². The van der Waals surface area contributed by atoms with E-state index < -0.39 is 0 Å². The summed E-state index contributed by atoms with van der Waals surface area (Å²) in [6, 6.07) is 7.89. The molecule has 1 aliphatic heterocycles. The molecule has 2 atom stereocenters. The number of piperidine rings is 1. The molecule has 0 aromatic heterocycles. The summed E-state index contributed by atoms with van der Waals surface area (Å²) in [6.45, 7) is 6.37. The lowest BCUT2D eigenvalue weighted by Crippen LogP contribution is -2.51. The smallest absolute Gasteiger partial charge is 0.241 e. The third-order valence-electron chi connectivity index (χ3n) is 4.23. The summed E-state index contributed by atoms with van der Waals surface area (Å²) in [6.07, 6.45) is 2.30. The summed E-state index contributed by atoms with van der Waals surface area (Å²) in [5.74, 6) is 0.737. The van der Waals surface area contributed by atoms with Crippen molar-refractivity contribution in [2.75, 3.05) is 32.1 Å². The summed E-state index contributed by atoms with van der Waals surface area (Å²) in [7, 11) is 1.98. The summed E-state index contributed by atoms with van der Waals surface area (Å²) >= 11 is 0. The van der Waals surface area contributed by atoms with E-state index in [4.69, 9.17) is 4.74 Å². The van der Waals surface area contributed by atoms with Gasteiger partial charge in [0.1, 0.15) is 5.75 Å². The van der Waals surface area contributed by atoms with Crippen LogP contribution in [-0.4, -0.2) is 49.6 Å². The highest BCUT2D eigenvalue weighted by Gasteiger charge is 2.27. The van der Waals surface area contributed by atoms with Crippen LogP contribution < -0.4 is 15.4 Å². The van der Waals surface area contributed by atoms with E-state index in [-0.39, 0.29) is 11.9 Å². The molecule has 0 spiro atoms. The first-order valence-corrected chi connectivity index (χ1v) is 8.09. The van der Waals surface area contributed by atoms with Crippen LogP contribution in [0, 0.1) is 0 Å². The Kier molecular flexibility index (Phi) is 6.21. The van der Waals surface area contributed by atoms with E-state index in [1.54, 1.807) is 0 Å². The molecule has 1 heterocycles. The Morgan fingerprint density at radius 1 is 1.45 bits per heavy atom. The fraction of sp³-hybridized carbons (Fsp3) is 0.588. The van der Waals surface area contributed by atoms with Gasteiger partial charge in [-0.2, -0.15) is 0 Å². The maximum Gasteiger partial charge on any atom is 0.241 e. The molecule has 5 heteroatoms. The van der Waals surface area contributed by atoms with E-state index in [9.17, 15) is 4.79 Å². The van der Waals surface area contributed by atoms with Gasteiger partial charge in [0.15, 0.2) is 0 Å². The first-order chi connectivity index (χ1) is 10.7. The topological polar surface area (TPSA) is 53.6 Å². The van der Waals surface area contributed by atoms with Crippen LogP contribution in [0.2, 0.25) is 0 Å². The number of carbonyl (C=O) groups is 1. The number of ether oxygens (including phenoxy) is 1. The molecule has 2 N–H and O–H groups in total. The third kappa shape index (κ3) is 4.21. The summed E-state index contributed by atoms with van der Waals surface area (Å²) < 4.78 is 5.56. The van der Waals surface area contributed by atoms with Crippen molar-refractivity contribution in [1.29, 1.82) is 0 Å². The number of benzene rings is 1. The van der Waals surface area contributed by atoms with Crippen molar-refractivity contribution >= 4 is 11.6 Å². The Morgan fingerprint density at radius 3 is 2.95 bits per heavy atom. The predicted molar refractivity (Wildman–Crippen MR) is 89.4 cm³/mol. The first-order valence-electron chi connectivity index (χ1n) is 8.09. The molecule has 122 valence electrons. The number of rotatable bonds is 6. The molecular weight excluding hydrogens is 278 g/mol. The Balaban J connectivity index is 1.99. The minimum Gasteiger partial charge on any atom is -0.492 e. The number of likely N-dealkylation sites (tertiary alicyclic amines) is 1. The predicted octanol–water partition coefficient (Wildman–Crippen LogP) is 2.10. The fourth-order valence-electron chi connectivity index (χ4n) is 2.85. The minimum atomic E-state index is -0.147. The zero-order valence-corrected chi connectivity index (χ0v) is 13.8. The van der Waals surface area contributed by atoms with Gasteiger partial charge < -0.3 is 15.4 Å². The lowest BCUT2D eigenvalue weighted by molar-refractivity contribution is -0.121. The van der Waals surface area contributed by atoms with Gasteiger partial charge in [-0.05, 0) is 52.4 Å². The standard InChI is InChI=1S/C17H27N3O2/c1-4-22-16-10-6-5-9-15(16)19-17(21)13(2)20-11-7-8-14(12-20)18-3/h5-6,9-10,13-14,18H,4,7-8,11-12H2,1-3H3,(H,19,21). The lowest BCUT2D eigenvalue weighted by Gasteiger charge is -2.36. The number of likely N-dealkylation sites (N-methyl/N-ethyl adjacent to an activating group) is 1. The molecule has 1 aromatic carbocycles. The molecule has 2 unspecified atom stereocenters. The summed E-state index contributed by atoms with van der Waals surface area (Å²) in [4.78, 5) is 14.8. The Hall–Kier alpha value is -1.59. The highest BCUT2D eigenvalue weighted by Crippen LogP contribution is 2.24. The first kappa shape index (κ1) is 16.8. The molecule has 2 rings (SSSR count). The average Bonchev–Trinajstić information content (AvgIpc) is 2.56. The molecule has 0 bridgehead atoms. The van der Waals surface area contributed by atoms with Crippen LogP contribution in [0.4, 0.5) is 5.69 Å². The van der Waals surface area contributed by atoms with Crippen molar-refractivity contribution in [3.8, 4) is 5.75 Å². The van der Waals surface area contributed by atoms with Crippen LogP contribution in [0.3, 0.4) is 0 Å². The number of hydrogen-bond donors (Lipinski definition) is 2. The number of nitrogens with zero attached hydrogens (tertiary/aromatic N) is 1.